The highest BCUT2D eigenvalue weighted by Crippen LogP contribution is 2.17. The Labute approximate surface area is 112 Å². The maximum absolute atomic E-state index is 13.6. The van der Waals surface area contributed by atoms with Crippen molar-refractivity contribution in [1.29, 1.82) is 0 Å². The Morgan fingerprint density at radius 1 is 1.33 bits per heavy atom. The number of carbonyl (C=O) groups is 1. The van der Waals surface area contributed by atoms with E-state index in [1.54, 1.807) is 31.2 Å². The van der Waals surface area contributed by atoms with Gasteiger partial charge < -0.3 is 5.32 Å². The molecule has 5 heteroatoms. The van der Waals surface area contributed by atoms with Gasteiger partial charge in [0, 0.05) is 11.8 Å². The van der Waals surface area contributed by atoms with Crippen molar-refractivity contribution in [2.24, 2.45) is 0 Å². The van der Waals surface area contributed by atoms with Crippen LogP contribution < -0.4 is 5.32 Å². The molecule has 0 spiro atoms. The highest BCUT2D eigenvalue weighted by atomic mass is 79.9. The van der Waals surface area contributed by atoms with Gasteiger partial charge in [-0.05, 0) is 52.7 Å². The number of pyridine rings is 1. The van der Waals surface area contributed by atoms with Gasteiger partial charge in [-0.1, -0.05) is 6.07 Å². The van der Waals surface area contributed by atoms with E-state index in [-0.39, 0.29) is 11.6 Å². The molecule has 2 aromatic rings. The molecule has 1 aromatic carbocycles. The van der Waals surface area contributed by atoms with Crippen LogP contribution in [-0.4, -0.2) is 10.9 Å². The maximum atomic E-state index is 13.6. The Hall–Kier alpha value is -1.75. The Bertz CT molecular complexity index is 601. The minimum atomic E-state index is -0.448. The number of aromatic nitrogens is 1. The van der Waals surface area contributed by atoms with E-state index in [1.807, 2.05) is 0 Å². The Kier molecular flexibility index (Phi) is 3.72. The number of amides is 1. The highest BCUT2D eigenvalue weighted by Gasteiger charge is 2.09. The summed E-state index contributed by atoms with van der Waals surface area (Å²) < 4.78 is 14.1. The maximum Gasteiger partial charge on any atom is 0.255 e. The SMILES string of the molecule is Cc1ccc(NC(=O)c2ccnc(Br)c2)c(F)c1. The van der Waals surface area contributed by atoms with Crippen LogP contribution in [0.25, 0.3) is 0 Å². The molecule has 0 bridgehead atoms. The van der Waals surface area contributed by atoms with Crippen LogP contribution in [0.1, 0.15) is 15.9 Å². The van der Waals surface area contributed by atoms with Gasteiger partial charge in [0.15, 0.2) is 0 Å². The van der Waals surface area contributed by atoms with Gasteiger partial charge in [-0.25, -0.2) is 9.37 Å². The van der Waals surface area contributed by atoms with E-state index in [9.17, 15) is 9.18 Å². The van der Waals surface area contributed by atoms with Crippen LogP contribution in [0.3, 0.4) is 0 Å². The molecule has 92 valence electrons. The average molecular weight is 309 g/mol. The lowest BCUT2D eigenvalue weighted by molar-refractivity contribution is 0.102. The summed E-state index contributed by atoms with van der Waals surface area (Å²) in [6.45, 7) is 1.79. The number of anilines is 1. The molecule has 0 radical (unpaired) electrons. The zero-order valence-electron chi connectivity index (χ0n) is 9.58. The van der Waals surface area contributed by atoms with Gasteiger partial charge in [0.25, 0.3) is 5.91 Å². The zero-order chi connectivity index (χ0) is 13.1. The van der Waals surface area contributed by atoms with Gasteiger partial charge in [-0.2, -0.15) is 0 Å². The molecule has 0 fully saturated rings. The number of rotatable bonds is 2. The number of hydrogen-bond acceptors (Lipinski definition) is 2. The summed E-state index contributed by atoms with van der Waals surface area (Å²) in [6, 6.07) is 7.78. The summed E-state index contributed by atoms with van der Waals surface area (Å²) in [5, 5.41) is 2.52. The van der Waals surface area contributed by atoms with Crippen LogP contribution in [0.5, 0.6) is 0 Å². The highest BCUT2D eigenvalue weighted by molar-refractivity contribution is 9.10. The van der Waals surface area contributed by atoms with Gasteiger partial charge >= 0.3 is 0 Å². The largest absolute Gasteiger partial charge is 0.319 e. The van der Waals surface area contributed by atoms with Gasteiger partial charge in [-0.15, -0.1) is 0 Å². The van der Waals surface area contributed by atoms with E-state index in [0.29, 0.717) is 10.2 Å². The van der Waals surface area contributed by atoms with Crippen molar-refractivity contribution in [3.63, 3.8) is 0 Å². The molecule has 0 saturated carbocycles. The molecule has 2 rings (SSSR count). The first-order chi connectivity index (χ1) is 8.56. The lowest BCUT2D eigenvalue weighted by Gasteiger charge is -2.07. The number of carbonyl (C=O) groups excluding carboxylic acids is 1. The zero-order valence-corrected chi connectivity index (χ0v) is 11.2. The predicted molar refractivity (Wildman–Crippen MR) is 71.0 cm³/mol. The first kappa shape index (κ1) is 12.7. The van der Waals surface area contributed by atoms with E-state index in [0.717, 1.165) is 5.56 Å². The second-order valence-electron chi connectivity index (χ2n) is 3.80. The molecule has 1 heterocycles. The third kappa shape index (κ3) is 2.92. The fourth-order valence-electron chi connectivity index (χ4n) is 1.46. The Morgan fingerprint density at radius 2 is 2.11 bits per heavy atom. The molecule has 1 aromatic heterocycles. The number of halogens is 2. The molecule has 1 N–H and O–H groups in total. The van der Waals surface area contributed by atoms with Crippen molar-refractivity contribution in [3.05, 3.63) is 58.1 Å². The smallest absolute Gasteiger partial charge is 0.255 e. The van der Waals surface area contributed by atoms with Crippen LogP contribution in [0.2, 0.25) is 0 Å². The van der Waals surface area contributed by atoms with Crippen molar-refractivity contribution < 1.29 is 9.18 Å². The second kappa shape index (κ2) is 5.27. The Morgan fingerprint density at radius 3 is 2.78 bits per heavy atom. The minimum absolute atomic E-state index is 0.165. The topological polar surface area (TPSA) is 42.0 Å². The number of nitrogens with one attached hydrogen (secondary N) is 1. The van der Waals surface area contributed by atoms with Crippen molar-refractivity contribution in [1.82, 2.24) is 4.98 Å². The van der Waals surface area contributed by atoms with E-state index in [1.165, 1.54) is 12.3 Å². The lowest BCUT2D eigenvalue weighted by atomic mass is 10.2. The summed E-state index contributed by atoms with van der Waals surface area (Å²) in [5.41, 5.74) is 1.38. The second-order valence-corrected chi connectivity index (χ2v) is 4.62. The van der Waals surface area contributed by atoms with Gasteiger partial charge in [0.2, 0.25) is 0 Å². The molecule has 3 nitrogen and oxygen atoms in total. The fourth-order valence-corrected chi connectivity index (χ4v) is 1.82. The molecule has 0 aliphatic heterocycles. The van der Waals surface area contributed by atoms with E-state index >= 15 is 0 Å². The van der Waals surface area contributed by atoms with Crippen LogP contribution >= 0.6 is 15.9 Å². The number of benzene rings is 1. The first-order valence-corrected chi connectivity index (χ1v) is 6.04. The molecule has 0 saturated heterocycles. The molecule has 1 amide bonds. The third-order valence-corrected chi connectivity index (χ3v) is 2.80. The van der Waals surface area contributed by atoms with Gasteiger partial charge in [0.05, 0.1) is 5.69 Å². The van der Waals surface area contributed by atoms with Crippen LogP contribution in [0, 0.1) is 12.7 Å². The first-order valence-electron chi connectivity index (χ1n) is 5.25. The van der Waals surface area contributed by atoms with Crippen molar-refractivity contribution in [3.8, 4) is 0 Å². The van der Waals surface area contributed by atoms with Gasteiger partial charge in [-0.3, -0.25) is 4.79 Å². The average Bonchev–Trinajstić information content (AvgIpc) is 2.32. The van der Waals surface area contributed by atoms with Crippen molar-refractivity contribution in [2.45, 2.75) is 6.92 Å². The standard InChI is InChI=1S/C13H10BrFN2O/c1-8-2-3-11(10(15)6-8)17-13(18)9-4-5-16-12(14)7-9/h2-7H,1H3,(H,17,18). The molecular weight excluding hydrogens is 299 g/mol. The van der Waals surface area contributed by atoms with Crippen LogP contribution in [0.15, 0.2) is 41.1 Å². The van der Waals surface area contributed by atoms with Gasteiger partial charge in [0.1, 0.15) is 10.4 Å². The quantitative estimate of drug-likeness (QED) is 0.862. The third-order valence-electron chi connectivity index (χ3n) is 2.36. The Balaban J connectivity index is 2.21. The predicted octanol–water partition coefficient (Wildman–Crippen LogP) is 3.54. The fraction of sp³-hybridized carbons (Fsp3) is 0.0769. The summed E-state index contributed by atoms with van der Waals surface area (Å²) in [7, 11) is 0. The molecule has 0 atom stereocenters. The molecule has 18 heavy (non-hydrogen) atoms. The van der Waals surface area contributed by atoms with Crippen LogP contribution in [0.4, 0.5) is 10.1 Å². The number of nitrogens with zero attached hydrogens (tertiary/aromatic N) is 1. The molecular formula is C13H10BrFN2O. The van der Waals surface area contributed by atoms with Crippen LogP contribution in [-0.2, 0) is 0 Å². The number of hydrogen-bond donors (Lipinski definition) is 1. The lowest BCUT2D eigenvalue weighted by Crippen LogP contribution is -2.13. The number of aryl methyl sites for hydroxylation is 1. The van der Waals surface area contributed by atoms with E-state index in [2.05, 4.69) is 26.2 Å². The summed E-state index contributed by atoms with van der Waals surface area (Å²) in [5.74, 6) is -0.822. The summed E-state index contributed by atoms with van der Waals surface area (Å²) in [6.07, 6.45) is 1.50. The minimum Gasteiger partial charge on any atom is -0.319 e. The summed E-state index contributed by atoms with van der Waals surface area (Å²) >= 11 is 3.17. The molecule has 0 aliphatic carbocycles. The summed E-state index contributed by atoms with van der Waals surface area (Å²) in [4.78, 5) is 15.8. The monoisotopic (exact) mass is 308 g/mol. The normalized spacial score (nSPS) is 10.2. The van der Waals surface area contributed by atoms with Crippen molar-refractivity contribution in [2.75, 3.05) is 5.32 Å². The molecule has 0 aliphatic rings. The van der Waals surface area contributed by atoms with E-state index < -0.39 is 5.82 Å². The van der Waals surface area contributed by atoms with E-state index in [4.69, 9.17) is 0 Å². The molecule has 0 unspecified atom stereocenters. The van der Waals surface area contributed by atoms with Crippen molar-refractivity contribution >= 4 is 27.5 Å².